The van der Waals surface area contributed by atoms with E-state index in [-0.39, 0.29) is 10.9 Å². The first-order valence-electron chi connectivity index (χ1n) is 7.51. The molecular formula is C15H25N3O2S. The summed E-state index contributed by atoms with van der Waals surface area (Å²) in [6.45, 7) is 7.29. The van der Waals surface area contributed by atoms with Crippen LogP contribution in [-0.4, -0.2) is 27.5 Å². The van der Waals surface area contributed by atoms with Crippen molar-refractivity contribution in [1.29, 1.82) is 0 Å². The van der Waals surface area contributed by atoms with E-state index in [1.54, 1.807) is 25.1 Å². The van der Waals surface area contributed by atoms with Gasteiger partial charge in [-0.05, 0) is 50.8 Å². The predicted octanol–water partition coefficient (Wildman–Crippen LogP) is 2.19. The molecule has 1 aromatic carbocycles. The van der Waals surface area contributed by atoms with Crippen LogP contribution >= 0.6 is 0 Å². The van der Waals surface area contributed by atoms with Crippen molar-refractivity contribution in [3.63, 3.8) is 0 Å². The molecule has 1 saturated carbocycles. The minimum absolute atomic E-state index is 0.273. The number of nitrogens with one attached hydrogen (secondary N) is 1. The van der Waals surface area contributed by atoms with Crippen molar-refractivity contribution in [2.75, 3.05) is 23.7 Å². The van der Waals surface area contributed by atoms with Crippen LogP contribution in [0.3, 0.4) is 0 Å². The second-order valence-electron chi connectivity index (χ2n) is 5.91. The van der Waals surface area contributed by atoms with Crippen LogP contribution in [0.2, 0.25) is 0 Å². The number of rotatable bonds is 7. The van der Waals surface area contributed by atoms with Gasteiger partial charge in [-0.3, -0.25) is 0 Å². The predicted molar refractivity (Wildman–Crippen MR) is 86.9 cm³/mol. The van der Waals surface area contributed by atoms with Gasteiger partial charge in [0.05, 0.1) is 16.3 Å². The van der Waals surface area contributed by atoms with Crippen molar-refractivity contribution in [3.8, 4) is 0 Å². The second kappa shape index (κ2) is 6.23. The molecule has 118 valence electrons. The lowest BCUT2D eigenvalue weighted by Crippen LogP contribution is -2.33. The largest absolute Gasteiger partial charge is 0.397 e. The Bertz CT molecular complexity index is 595. The van der Waals surface area contributed by atoms with Gasteiger partial charge in [-0.25, -0.2) is 13.1 Å². The summed E-state index contributed by atoms with van der Waals surface area (Å²) in [5, 5.41) is 0. The molecule has 1 fully saturated rings. The molecule has 0 saturated heterocycles. The number of sulfonamides is 1. The fourth-order valence-electron chi connectivity index (χ4n) is 2.38. The molecule has 1 aliphatic rings. The van der Waals surface area contributed by atoms with Gasteiger partial charge < -0.3 is 10.6 Å². The summed E-state index contributed by atoms with van der Waals surface area (Å²) in [7, 11) is -3.45. The van der Waals surface area contributed by atoms with E-state index < -0.39 is 10.0 Å². The Morgan fingerprint density at radius 2 is 2.05 bits per heavy atom. The first-order valence-corrected chi connectivity index (χ1v) is 8.99. The SMILES string of the molecule is CCNS(=O)(=O)c1ccc(N)c(N(CC2CC2)C(C)C)c1. The van der Waals surface area contributed by atoms with Gasteiger partial charge >= 0.3 is 0 Å². The Labute approximate surface area is 127 Å². The maximum absolute atomic E-state index is 12.2. The van der Waals surface area contributed by atoms with E-state index in [1.165, 1.54) is 12.8 Å². The smallest absolute Gasteiger partial charge is 0.240 e. The van der Waals surface area contributed by atoms with E-state index in [2.05, 4.69) is 23.5 Å². The molecule has 0 amide bonds. The maximum Gasteiger partial charge on any atom is 0.240 e. The fraction of sp³-hybridized carbons (Fsp3) is 0.600. The minimum atomic E-state index is -3.45. The van der Waals surface area contributed by atoms with Crippen molar-refractivity contribution in [1.82, 2.24) is 4.72 Å². The van der Waals surface area contributed by atoms with E-state index >= 15 is 0 Å². The van der Waals surface area contributed by atoms with Crippen LogP contribution in [0, 0.1) is 5.92 Å². The lowest BCUT2D eigenvalue weighted by Gasteiger charge is -2.30. The average molecular weight is 311 g/mol. The van der Waals surface area contributed by atoms with Gasteiger partial charge in [0.2, 0.25) is 10.0 Å². The normalized spacial score (nSPS) is 15.4. The first-order chi connectivity index (χ1) is 9.85. The van der Waals surface area contributed by atoms with Crippen LogP contribution in [0.5, 0.6) is 0 Å². The monoisotopic (exact) mass is 311 g/mol. The molecule has 1 aliphatic carbocycles. The van der Waals surface area contributed by atoms with Gasteiger partial charge in [0, 0.05) is 19.1 Å². The lowest BCUT2D eigenvalue weighted by atomic mass is 10.2. The summed E-state index contributed by atoms with van der Waals surface area (Å²) in [5.41, 5.74) is 7.53. The summed E-state index contributed by atoms with van der Waals surface area (Å²) < 4.78 is 26.8. The summed E-state index contributed by atoms with van der Waals surface area (Å²) >= 11 is 0. The number of hydrogen-bond acceptors (Lipinski definition) is 4. The molecule has 0 radical (unpaired) electrons. The zero-order valence-corrected chi connectivity index (χ0v) is 13.8. The van der Waals surface area contributed by atoms with Crippen LogP contribution in [0.15, 0.2) is 23.1 Å². The van der Waals surface area contributed by atoms with Crippen LogP contribution in [0.1, 0.15) is 33.6 Å². The zero-order chi connectivity index (χ0) is 15.6. The highest BCUT2D eigenvalue weighted by Gasteiger charge is 2.27. The molecule has 0 atom stereocenters. The third kappa shape index (κ3) is 3.89. The lowest BCUT2D eigenvalue weighted by molar-refractivity contribution is 0.583. The Morgan fingerprint density at radius 1 is 1.38 bits per heavy atom. The molecule has 3 N–H and O–H groups in total. The van der Waals surface area contributed by atoms with Crippen molar-refractivity contribution >= 4 is 21.4 Å². The molecule has 0 heterocycles. The molecule has 0 bridgehead atoms. The number of anilines is 2. The molecule has 6 heteroatoms. The quantitative estimate of drug-likeness (QED) is 0.757. The molecule has 0 aromatic heterocycles. The Hall–Kier alpha value is -1.27. The first kappa shape index (κ1) is 16.1. The molecule has 5 nitrogen and oxygen atoms in total. The van der Waals surface area contributed by atoms with Crippen molar-refractivity contribution in [2.45, 2.75) is 44.6 Å². The molecule has 2 rings (SSSR count). The van der Waals surface area contributed by atoms with Crippen LogP contribution < -0.4 is 15.4 Å². The van der Waals surface area contributed by atoms with E-state index in [0.717, 1.165) is 12.2 Å². The Morgan fingerprint density at radius 3 is 2.57 bits per heavy atom. The van der Waals surface area contributed by atoms with E-state index in [1.807, 2.05) is 0 Å². The molecular weight excluding hydrogens is 286 g/mol. The van der Waals surface area contributed by atoms with Gasteiger partial charge in [0.15, 0.2) is 0 Å². The van der Waals surface area contributed by atoms with Crippen molar-refractivity contribution in [2.24, 2.45) is 5.92 Å². The molecule has 0 spiro atoms. The highest BCUT2D eigenvalue weighted by Crippen LogP contribution is 2.35. The molecule has 0 aliphatic heterocycles. The molecule has 21 heavy (non-hydrogen) atoms. The topological polar surface area (TPSA) is 75.4 Å². The van der Waals surface area contributed by atoms with Crippen molar-refractivity contribution in [3.05, 3.63) is 18.2 Å². The number of hydrogen-bond donors (Lipinski definition) is 2. The molecule has 0 unspecified atom stereocenters. The second-order valence-corrected chi connectivity index (χ2v) is 7.68. The third-order valence-electron chi connectivity index (χ3n) is 3.73. The highest BCUT2D eigenvalue weighted by molar-refractivity contribution is 7.89. The summed E-state index contributed by atoms with van der Waals surface area (Å²) in [5.74, 6) is 0.709. The van der Waals surface area contributed by atoms with Gasteiger partial charge in [0.25, 0.3) is 0 Å². The van der Waals surface area contributed by atoms with Crippen LogP contribution in [-0.2, 0) is 10.0 Å². The number of benzene rings is 1. The van der Waals surface area contributed by atoms with Crippen LogP contribution in [0.25, 0.3) is 0 Å². The number of nitrogen functional groups attached to an aromatic ring is 1. The third-order valence-corrected chi connectivity index (χ3v) is 5.27. The maximum atomic E-state index is 12.2. The number of nitrogens with two attached hydrogens (primary N) is 1. The summed E-state index contributed by atoms with van der Waals surface area (Å²) in [4.78, 5) is 2.48. The Balaban J connectivity index is 2.37. The Kier molecular flexibility index (Phi) is 4.78. The summed E-state index contributed by atoms with van der Waals surface area (Å²) in [6, 6.07) is 5.22. The van der Waals surface area contributed by atoms with Gasteiger partial charge in [-0.2, -0.15) is 0 Å². The fourth-order valence-corrected chi connectivity index (χ4v) is 3.44. The zero-order valence-electron chi connectivity index (χ0n) is 13.0. The van der Waals surface area contributed by atoms with Gasteiger partial charge in [0.1, 0.15) is 0 Å². The van der Waals surface area contributed by atoms with E-state index in [4.69, 9.17) is 5.73 Å². The molecule has 1 aromatic rings. The summed E-state index contributed by atoms with van der Waals surface area (Å²) in [6.07, 6.45) is 2.50. The van der Waals surface area contributed by atoms with E-state index in [9.17, 15) is 8.42 Å². The minimum Gasteiger partial charge on any atom is -0.397 e. The number of nitrogens with zero attached hydrogens (tertiary/aromatic N) is 1. The van der Waals surface area contributed by atoms with Gasteiger partial charge in [-0.1, -0.05) is 6.92 Å². The highest BCUT2D eigenvalue weighted by atomic mass is 32.2. The van der Waals surface area contributed by atoms with Gasteiger partial charge in [-0.15, -0.1) is 0 Å². The van der Waals surface area contributed by atoms with Crippen LogP contribution in [0.4, 0.5) is 11.4 Å². The standard InChI is InChI=1S/C15H25N3O2S/c1-4-17-21(19,20)13-7-8-14(16)15(9-13)18(11(2)3)10-12-5-6-12/h7-9,11-12,17H,4-6,10,16H2,1-3H3. The van der Waals surface area contributed by atoms with Crippen molar-refractivity contribution < 1.29 is 8.42 Å². The average Bonchev–Trinajstić information content (AvgIpc) is 3.20. The van der Waals surface area contributed by atoms with E-state index in [0.29, 0.717) is 18.2 Å².